The van der Waals surface area contributed by atoms with Crippen molar-refractivity contribution in [1.82, 2.24) is 10.6 Å². The Morgan fingerprint density at radius 1 is 1.33 bits per heavy atom. The second-order valence-corrected chi connectivity index (χ2v) is 9.68. The van der Waals surface area contributed by atoms with Crippen molar-refractivity contribution in [2.24, 2.45) is 4.99 Å². The highest BCUT2D eigenvalue weighted by atomic mass is 32.2. The average molecular weight is 391 g/mol. The van der Waals surface area contributed by atoms with Crippen LogP contribution in [0, 0.1) is 0 Å². The van der Waals surface area contributed by atoms with Crippen LogP contribution >= 0.6 is 0 Å². The van der Waals surface area contributed by atoms with E-state index < -0.39 is 10.8 Å². The minimum atomic E-state index is -0.690. The van der Waals surface area contributed by atoms with E-state index in [9.17, 15) is 4.21 Å². The Kier molecular flexibility index (Phi) is 7.16. The summed E-state index contributed by atoms with van der Waals surface area (Å²) in [7, 11) is 1.14. The molecule has 2 N–H and O–H groups in total. The van der Waals surface area contributed by atoms with Crippen molar-refractivity contribution in [2.75, 3.05) is 30.8 Å². The Bertz CT molecular complexity index is 678. The van der Waals surface area contributed by atoms with E-state index in [0.717, 1.165) is 56.9 Å². The largest absolute Gasteiger partial charge is 0.367 e. The van der Waals surface area contributed by atoms with E-state index >= 15 is 0 Å². The molecule has 6 heteroatoms. The van der Waals surface area contributed by atoms with Gasteiger partial charge in [-0.05, 0) is 44.2 Å². The minimum Gasteiger partial charge on any atom is -0.367 e. The number of fused-ring (bicyclic) bond motifs is 1. The van der Waals surface area contributed by atoms with Gasteiger partial charge < -0.3 is 15.5 Å². The number of anilines is 1. The lowest BCUT2D eigenvalue weighted by Crippen LogP contribution is -2.48. The molecule has 27 heavy (non-hydrogen) atoms. The van der Waals surface area contributed by atoms with E-state index in [1.165, 1.54) is 11.3 Å². The molecule has 1 aromatic carbocycles. The molecule has 2 aliphatic rings. The first-order valence-corrected chi connectivity index (χ1v) is 11.7. The molecule has 3 rings (SSSR count). The number of benzene rings is 1. The SMILES string of the molecule is CCS(=O)C1CCCC(NC(=NC)NCCN2c3ccccc3CC2C)C1. The molecular weight excluding hydrogens is 356 g/mol. The van der Waals surface area contributed by atoms with Crippen molar-refractivity contribution in [3.8, 4) is 0 Å². The zero-order chi connectivity index (χ0) is 19.2. The van der Waals surface area contributed by atoms with Gasteiger partial charge in [-0.15, -0.1) is 0 Å². The molecule has 0 saturated heterocycles. The normalized spacial score (nSPS) is 26.6. The molecule has 1 fully saturated rings. The summed E-state index contributed by atoms with van der Waals surface area (Å²) < 4.78 is 12.2. The van der Waals surface area contributed by atoms with Crippen LogP contribution in [0.4, 0.5) is 5.69 Å². The summed E-state index contributed by atoms with van der Waals surface area (Å²) in [6.45, 7) is 6.13. The van der Waals surface area contributed by atoms with Gasteiger partial charge in [-0.25, -0.2) is 0 Å². The van der Waals surface area contributed by atoms with Crippen LogP contribution in [-0.2, 0) is 17.2 Å². The molecule has 1 aliphatic heterocycles. The summed E-state index contributed by atoms with van der Waals surface area (Å²) in [5.74, 6) is 1.63. The van der Waals surface area contributed by atoms with E-state index in [1.807, 2.05) is 14.0 Å². The van der Waals surface area contributed by atoms with Crippen molar-refractivity contribution in [3.63, 3.8) is 0 Å². The van der Waals surface area contributed by atoms with Gasteiger partial charge in [0.1, 0.15) is 0 Å². The quantitative estimate of drug-likeness (QED) is 0.579. The smallest absolute Gasteiger partial charge is 0.191 e. The van der Waals surface area contributed by atoms with Gasteiger partial charge in [-0.3, -0.25) is 9.20 Å². The van der Waals surface area contributed by atoms with Crippen molar-refractivity contribution < 1.29 is 4.21 Å². The molecule has 4 unspecified atom stereocenters. The maximum atomic E-state index is 12.2. The first-order valence-electron chi connectivity index (χ1n) is 10.3. The molecular formula is C21H34N4OS. The third-order valence-electron chi connectivity index (χ3n) is 5.84. The molecule has 0 bridgehead atoms. The standard InChI is InChI=1S/C21H34N4OS/c1-4-27(26)19-10-7-9-18(15-19)24-21(22-3)23-12-13-25-16(2)14-17-8-5-6-11-20(17)25/h5-6,8,11,16,18-19H,4,7,9-10,12-15H2,1-3H3,(H2,22,23,24). The number of nitrogens with zero attached hydrogens (tertiary/aromatic N) is 2. The van der Waals surface area contributed by atoms with Crippen molar-refractivity contribution in [1.29, 1.82) is 0 Å². The molecule has 0 spiro atoms. The van der Waals surface area contributed by atoms with Crippen molar-refractivity contribution in [2.45, 2.75) is 63.3 Å². The molecule has 5 nitrogen and oxygen atoms in total. The summed E-state index contributed by atoms with van der Waals surface area (Å²) in [5, 5.41) is 7.37. The van der Waals surface area contributed by atoms with Crippen LogP contribution in [-0.4, -0.2) is 53.4 Å². The summed E-state index contributed by atoms with van der Waals surface area (Å²) >= 11 is 0. The zero-order valence-corrected chi connectivity index (χ0v) is 17.7. The third-order valence-corrected chi connectivity index (χ3v) is 7.58. The lowest BCUT2D eigenvalue weighted by Gasteiger charge is -2.30. The lowest BCUT2D eigenvalue weighted by atomic mass is 9.95. The second kappa shape index (κ2) is 9.58. The van der Waals surface area contributed by atoms with Gasteiger partial charge in [0.15, 0.2) is 5.96 Å². The highest BCUT2D eigenvalue weighted by Crippen LogP contribution is 2.31. The number of hydrogen-bond acceptors (Lipinski definition) is 3. The Morgan fingerprint density at radius 2 is 2.15 bits per heavy atom. The van der Waals surface area contributed by atoms with Crippen LogP contribution in [0.5, 0.6) is 0 Å². The number of hydrogen-bond donors (Lipinski definition) is 2. The molecule has 1 heterocycles. The van der Waals surface area contributed by atoms with Crippen molar-refractivity contribution >= 4 is 22.4 Å². The van der Waals surface area contributed by atoms with Crippen LogP contribution in [0.2, 0.25) is 0 Å². The van der Waals surface area contributed by atoms with E-state index in [1.54, 1.807) is 0 Å². The zero-order valence-electron chi connectivity index (χ0n) is 16.9. The lowest BCUT2D eigenvalue weighted by molar-refractivity contribution is 0.413. The first kappa shape index (κ1) is 20.2. The van der Waals surface area contributed by atoms with Gasteiger partial charge in [-0.2, -0.15) is 0 Å². The molecule has 1 saturated carbocycles. The van der Waals surface area contributed by atoms with Gasteiger partial charge >= 0.3 is 0 Å². The fourth-order valence-corrected chi connectivity index (χ4v) is 5.75. The highest BCUT2D eigenvalue weighted by molar-refractivity contribution is 7.85. The topological polar surface area (TPSA) is 56.7 Å². The van der Waals surface area contributed by atoms with Gasteiger partial charge in [-0.1, -0.05) is 31.5 Å². The summed E-state index contributed by atoms with van der Waals surface area (Å²) in [6, 6.07) is 9.63. The van der Waals surface area contributed by atoms with Crippen molar-refractivity contribution in [3.05, 3.63) is 29.8 Å². The van der Waals surface area contributed by atoms with Gasteiger partial charge in [0.25, 0.3) is 0 Å². The number of nitrogens with one attached hydrogen (secondary N) is 2. The van der Waals surface area contributed by atoms with E-state index in [4.69, 9.17) is 0 Å². The molecule has 0 aromatic heterocycles. The van der Waals surface area contributed by atoms with E-state index in [2.05, 4.69) is 51.7 Å². The van der Waals surface area contributed by atoms with E-state index in [-0.39, 0.29) is 0 Å². The average Bonchev–Trinajstić information content (AvgIpc) is 3.02. The Morgan fingerprint density at radius 3 is 2.93 bits per heavy atom. The minimum absolute atomic E-state index is 0.335. The van der Waals surface area contributed by atoms with Crippen LogP contribution in [0.3, 0.4) is 0 Å². The molecule has 4 atom stereocenters. The van der Waals surface area contributed by atoms with Crippen LogP contribution in [0.15, 0.2) is 29.3 Å². The molecule has 0 radical (unpaired) electrons. The third kappa shape index (κ3) is 5.03. The maximum absolute atomic E-state index is 12.2. The molecule has 1 aromatic rings. The number of rotatable bonds is 6. The highest BCUT2D eigenvalue weighted by Gasteiger charge is 2.27. The Labute approximate surface area is 166 Å². The van der Waals surface area contributed by atoms with Gasteiger partial charge in [0.2, 0.25) is 0 Å². The van der Waals surface area contributed by atoms with Crippen LogP contribution in [0.25, 0.3) is 0 Å². The number of aliphatic imine (C=N–C) groups is 1. The fourth-order valence-electron chi connectivity index (χ4n) is 4.40. The number of para-hydroxylation sites is 1. The van der Waals surface area contributed by atoms with Gasteiger partial charge in [0.05, 0.1) is 0 Å². The predicted octanol–water partition coefficient (Wildman–Crippen LogP) is 2.68. The molecule has 0 amide bonds. The Hall–Kier alpha value is -1.56. The van der Waals surface area contributed by atoms with Crippen LogP contribution in [0.1, 0.15) is 45.1 Å². The first-order chi connectivity index (χ1) is 13.1. The van der Waals surface area contributed by atoms with Crippen LogP contribution < -0.4 is 15.5 Å². The second-order valence-electron chi connectivity index (χ2n) is 7.67. The number of guanidine groups is 1. The predicted molar refractivity (Wildman–Crippen MR) is 116 cm³/mol. The van der Waals surface area contributed by atoms with Gasteiger partial charge in [0, 0.05) is 59.7 Å². The molecule has 150 valence electrons. The summed E-state index contributed by atoms with van der Waals surface area (Å²) in [4.78, 5) is 6.88. The molecule has 1 aliphatic carbocycles. The fraction of sp³-hybridized carbons (Fsp3) is 0.667. The monoisotopic (exact) mass is 390 g/mol. The maximum Gasteiger partial charge on any atom is 0.191 e. The summed E-state index contributed by atoms with van der Waals surface area (Å²) in [6.07, 6.45) is 5.48. The summed E-state index contributed by atoms with van der Waals surface area (Å²) in [5.41, 5.74) is 2.82. The Balaban J connectivity index is 1.48. The van der Waals surface area contributed by atoms with E-state index in [0.29, 0.717) is 17.3 Å².